The van der Waals surface area contributed by atoms with Crippen molar-refractivity contribution in [3.05, 3.63) is 28.8 Å². The summed E-state index contributed by atoms with van der Waals surface area (Å²) in [7, 11) is 0. The summed E-state index contributed by atoms with van der Waals surface area (Å²) < 4.78 is 74.8. The predicted octanol–water partition coefficient (Wildman–Crippen LogP) is 3.87. The summed E-state index contributed by atoms with van der Waals surface area (Å²) in [5, 5.41) is 0. The lowest BCUT2D eigenvalue weighted by atomic mass is 9.99. The van der Waals surface area contributed by atoms with Crippen LogP contribution in [-0.2, 0) is 18.8 Å². The van der Waals surface area contributed by atoms with Gasteiger partial charge in [0.25, 0.3) is 0 Å². The molecule has 0 saturated carbocycles. The molecule has 0 amide bonds. The van der Waals surface area contributed by atoms with Gasteiger partial charge in [-0.05, 0) is 24.1 Å². The minimum absolute atomic E-state index is 0.178. The van der Waals surface area contributed by atoms with E-state index < -0.39 is 34.7 Å². The lowest BCUT2D eigenvalue weighted by Crippen LogP contribution is -2.15. The average molecular weight is 257 g/mol. The fraction of sp³-hybridized carbons (Fsp3) is 0.400. The van der Waals surface area contributed by atoms with E-state index in [-0.39, 0.29) is 6.42 Å². The van der Waals surface area contributed by atoms with Gasteiger partial charge in [-0.1, -0.05) is 6.92 Å². The van der Waals surface area contributed by atoms with Crippen molar-refractivity contribution in [3.63, 3.8) is 0 Å². The third-order valence-electron chi connectivity index (χ3n) is 2.24. The number of anilines is 1. The Morgan fingerprint density at radius 3 is 1.88 bits per heavy atom. The van der Waals surface area contributed by atoms with Crippen molar-refractivity contribution in [2.75, 3.05) is 5.73 Å². The van der Waals surface area contributed by atoms with E-state index in [9.17, 15) is 26.3 Å². The maximum absolute atomic E-state index is 12.6. The Balaban J connectivity index is 3.47. The molecule has 1 rings (SSSR count). The minimum atomic E-state index is -4.75. The van der Waals surface area contributed by atoms with Gasteiger partial charge in [0.2, 0.25) is 0 Å². The molecular formula is C10H9F6N. The zero-order valence-electron chi connectivity index (χ0n) is 8.71. The maximum atomic E-state index is 12.6. The van der Waals surface area contributed by atoms with Crippen LogP contribution in [-0.4, -0.2) is 0 Å². The molecule has 1 nitrogen and oxygen atoms in total. The van der Waals surface area contributed by atoms with E-state index in [0.717, 1.165) is 0 Å². The Hall–Kier alpha value is -1.40. The van der Waals surface area contributed by atoms with Gasteiger partial charge in [-0.3, -0.25) is 0 Å². The number of hydrogen-bond acceptors (Lipinski definition) is 1. The summed E-state index contributed by atoms with van der Waals surface area (Å²) in [5.74, 6) is 0. The summed E-state index contributed by atoms with van der Waals surface area (Å²) in [6, 6.07) is 0.793. The molecule has 0 aliphatic heterocycles. The topological polar surface area (TPSA) is 26.0 Å². The molecule has 0 radical (unpaired) electrons. The van der Waals surface area contributed by atoms with E-state index in [1.807, 2.05) is 0 Å². The van der Waals surface area contributed by atoms with Gasteiger partial charge < -0.3 is 5.73 Å². The van der Waals surface area contributed by atoms with Crippen LogP contribution in [0.1, 0.15) is 23.6 Å². The number of nitrogen functional groups attached to an aromatic ring is 1. The van der Waals surface area contributed by atoms with Crippen LogP contribution in [0.25, 0.3) is 0 Å². The largest absolute Gasteiger partial charge is 0.418 e. The summed E-state index contributed by atoms with van der Waals surface area (Å²) in [4.78, 5) is 0. The van der Waals surface area contributed by atoms with Gasteiger partial charge in [-0.2, -0.15) is 26.3 Å². The van der Waals surface area contributed by atoms with Crippen LogP contribution in [0.4, 0.5) is 32.0 Å². The zero-order chi connectivity index (χ0) is 13.4. The molecule has 0 spiro atoms. The fourth-order valence-corrected chi connectivity index (χ4v) is 1.51. The highest BCUT2D eigenvalue weighted by Gasteiger charge is 2.38. The smallest absolute Gasteiger partial charge is 0.398 e. The molecule has 0 atom stereocenters. The summed E-state index contributed by atoms with van der Waals surface area (Å²) in [6.45, 7) is 1.34. The SMILES string of the molecule is CCc1cc(C(F)(F)F)cc(N)c1C(F)(F)F. The van der Waals surface area contributed by atoms with Crippen LogP contribution in [0.2, 0.25) is 0 Å². The van der Waals surface area contributed by atoms with Gasteiger partial charge in [-0.25, -0.2) is 0 Å². The van der Waals surface area contributed by atoms with Crippen molar-refractivity contribution in [1.29, 1.82) is 0 Å². The number of aryl methyl sites for hydroxylation is 1. The number of hydrogen-bond donors (Lipinski definition) is 1. The number of benzene rings is 1. The van der Waals surface area contributed by atoms with Crippen LogP contribution in [0, 0.1) is 0 Å². The Bertz CT molecular complexity index is 418. The fourth-order valence-electron chi connectivity index (χ4n) is 1.51. The second-order valence-corrected chi connectivity index (χ2v) is 3.45. The van der Waals surface area contributed by atoms with Gasteiger partial charge in [0.05, 0.1) is 11.1 Å². The quantitative estimate of drug-likeness (QED) is 0.599. The van der Waals surface area contributed by atoms with E-state index in [4.69, 9.17) is 5.73 Å². The maximum Gasteiger partial charge on any atom is 0.418 e. The molecule has 7 heteroatoms. The first-order valence-electron chi connectivity index (χ1n) is 4.64. The second-order valence-electron chi connectivity index (χ2n) is 3.45. The molecule has 1 aromatic rings. The summed E-state index contributed by atoms with van der Waals surface area (Å²) in [5.41, 5.74) is 1.35. The number of rotatable bonds is 1. The first-order valence-corrected chi connectivity index (χ1v) is 4.64. The molecule has 0 aliphatic carbocycles. The van der Waals surface area contributed by atoms with Crippen LogP contribution in [0.3, 0.4) is 0 Å². The molecule has 0 fully saturated rings. The molecule has 96 valence electrons. The first kappa shape index (κ1) is 13.7. The highest BCUT2D eigenvalue weighted by atomic mass is 19.4. The average Bonchev–Trinajstić information content (AvgIpc) is 2.12. The van der Waals surface area contributed by atoms with Crippen molar-refractivity contribution < 1.29 is 26.3 Å². The van der Waals surface area contributed by atoms with Gasteiger partial charge in [-0.15, -0.1) is 0 Å². The summed E-state index contributed by atoms with van der Waals surface area (Å²) in [6.07, 6.45) is -9.63. The standard InChI is InChI=1S/C10H9F6N/c1-2-5-3-6(9(11,12)13)4-7(17)8(5)10(14,15)16/h3-4H,2,17H2,1H3. The van der Waals surface area contributed by atoms with Gasteiger partial charge >= 0.3 is 12.4 Å². The van der Waals surface area contributed by atoms with Crippen LogP contribution in [0.5, 0.6) is 0 Å². The third-order valence-corrected chi connectivity index (χ3v) is 2.24. The number of halogens is 6. The van der Waals surface area contributed by atoms with E-state index >= 15 is 0 Å². The van der Waals surface area contributed by atoms with Crippen molar-refractivity contribution in [1.82, 2.24) is 0 Å². The molecule has 0 aromatic heterocycles. The molecule has 0 aliphatic rings. The lowest BCUT2D eigenvalue weighted by Gasteiger charge is -2.17. The third kappa shape index (κ3) is 2.83. The Labute approximate surface area is 93.2 Å². The molecule has 1 aromatic carbocycles. The number of nitrogens with two attached hydrogens (primary N) is 1. The van der Waals surface area contributed by atoms with Gasteiger partial charge in [0.15, 0.2) is 0 Å². The van der Waals surface area contributed by atoms with E-state index in [1.165, 1.54) is 6.92 Å². The molecule has 0 saturated heterocycles. The van der Waals surface area contributed by atoms with Crippen LogP contribution in [0.15, 0.2) is 12.1 Å². The summed E-state index contributed by atoms with van der Waals surface area (Å²) >= 11 is 0. The van der Waals surface area contributed by atoms with Crippen molar-refractivity contribution >= 4 is 5.69 Å². The minimum Gasteiger partial charge on any atom is -0.398 e. The Kier molecular flexibility index (Phi) is 3.31. The highest BCUT2D eigenvalue weighted by Crippen LogP contribution is 2.40. The molecule has 0 bridgehead atoms. The molecule has 0 unspecified atom stereocenters. The van der Waals surface area contributed by atoms with Crippen LogP contribution < -0.4 is 5.73 Å². The van der Waals surface area contributed by atoms with Crippen LogP contribution >= 0.6 is 0 Å². The van der Waals surface area contributed by atoms with Gasteiger partial charge in [0.1, 0.15) is 0 Å². The van der Waals surface area contributed by atoms with Crippen molar-refractivity contribution in [2.45, 2.75) is 25.7 Å². The van der Waals surface area contributed by atoms with E-state index in [0.29, 0.717) is 12.1 Å². The van der Waals surface area contributed by atoms with Gasteiger partial charge in [0, 0.05) is 5.69 Å². The van der Waals surface area contributed by atoms with Crippen molar-refractivity contribution in [3.8, 4) is 0 Å². The second kappa shape index (κ2) is 4.12. The normalized spacial score (nSPS) is 12.9. The number of alkyl halides is 6. The van der Waals surface area contributed by atoms with E-state index in [1.54, 1.807) is 0 Å². The monoisotopic (exact) mass is 257 g/mol. The van der Waals surface area contributed by atoms with E-state index in [2.05, 4.69) is 0 Å². The highest BCUT2D eigenvalue weighted by molar-refractivity contribution is 5.55. The Morgan fingerprint density at radius 2 is 1.53 bits per heavy atom. The molecule has 17 heavy (non-hydrogen) atoms. The predicted molar refractivity (Wildman–Crippen MR) is 50.2 cm³/mol. The molecular weight excluding hydrogens is 248 g/mol. The zero-order valence-corrected chi connectivity index (χ0v) is 8.71. The first-order chi connectivity index (χ1) is 7.57. The molecule has 2 N–H and O–H groups in total. The van der Waals surface area contributed by atoms with Crippen molar-refractivity contribution in [2.24, 2.45) is 0 Å². The molecule has 0 heterocycles. The lowest BCUT2D eigenvalue weighted by molar-refractivity contribution is -0.141. The Morgan fingerprint density at radius 1 is 1.00 bits per heavy atom.